The van der Waals surface area contributed by atoms with Crippen LogP contribution in [0.2, 0.25) is 0 Å². The number of carbonyl (C=O) groups excluding carboxylic acids is 1. The molecule has 10 heteroatoms. The Kier molecular flexibility index (Phi) is 6.26. The van der Waals surface area contributed by atoms with E-state index in [-0.39, 0.29) is 11.4 Å². The van der Waals surface area contributed by atoms with Crippen LogP contribution in [-0.4, -0.2) is 65.4 Å². The van der Waals surface area contributed by atoms with Crippen molar-refractivity contribution in [2.75, 3.05) is 13.7 Å². The van der Waals surface area contributed by atoms with Crippen LogP contribution in [0.5, 0.6) is 5.75 Å². The minimum Gasteiger partial charge on any atom is -0.463 e. The lowest BCUT2D eigenvalue weighted by Crippen LogP contribution is -2.65. The maximum atomic E-state index is 11.4. The minimum absolute atomic E-state index is 0.108. The highest BCUT2D eigenvalue weighted by Crippen LogP contribution is 2.26. The van der Waals surface area contributed by atoms with Crippen LogP contribution >= 0.6 is 0 Å². The molecule has 1 aromatic rings. The second-order valence-corrected chi connectivity index (χ2v) is 5.51. The van der Waals surface area contributed by atoms with Crippen molar-refractivity contribution in [3.8, 4) is 5.75 Å². The first-order valence-corrected chi connectivity index (χ1v) is 7.52. The van der Waals surface area contributed by atoms with E-state index in [9.17, 15) is 25.1 Å². The van der Waals surface area contributed by atoms with Crippen molar-refractivity contribution in [3.05, 3.63) is 34.4 Å². The van der Waals surface area contributed by atoms with Gasteiger partial charge in [-0.15, -0.1) is 0 Å². The van der Waals surface area contributed by atoms with Crippen LogP contribution in [-0.2, 0) is 14.3 Å². The van der Waals surface area contributed by atoms with Gasteiger partial charge in [0.1, 0.15) is 30.1 Å². The Morgan fingerprint density at radius 1 is 1.40 bits per heavy atom. The van der Waals surface area contributed by atoms with Gasteiger partial charge in [0.05, 0.1) is 11.5 Å². The number of carbonyl (C=O) groups is 1. The van der Waals surface area contributed by atoms with E-state index >= 15 is 0 Å². The number of benzene rings is 1. The molecular weight excluding hydrogens is 336 g/mol. The minimum atomic E-state index is -1.19. The van der Waals surface area contributed by atoms with Crippen molar-refractivity contribution in [1.82, 2.24) is 5.32 Å². The van der Waals surface area contributed by atoms with Crippen LogP contribution in [0.1, 0.15) is 6.92 Å². The molecule has 1 heterocycles. The number of aliphatic hydroxyl groups is 2. The van der Waals surface area contributed by atoms with Crippen molar-refractivity contribution < 1.29 is 34.1 Å². The molecule has 138 valence electrons. The third kappa shape index (κ3) is 4.42. The highest BCUT2D eigenvalue weighted by Gasteiger charge is 2.47. The van der Waals surface area contributed by atoms with Crippen LogP contribution in [0.25, 0.3) is 0 Å². The second-order valence-electron chi connectivity index (χ2n) is 5.51. The number of ether oxygens (including phenoxy) is 3. The molecule has 10 nitrogen and oxygen atoms in total. The average molecular weight is 356 g/mol. The maximum Gasteiger partial charge on any atom is 0.269 e. The number of nitrogens with zero attached hydrogens (tertiary/aromatic N) is 1. The Balaban J connectivity index is 2.21. The summed E-state index contributed by atoms with van der Waals surface area (Å²) in [7, 11) is 1.35. The highest BCUT2D eigenvalue weighted by molar-refractivity contribution is 5.73. The zero-order chi connectivity index (χ0) is 18.6. The summed E-state index contributed by atoms with van der Waals surface area (Å²) in [5.41, 5.74) is -0.108. The van der Waals surface area contributed by atoms with E-state index in [1.165, 1.54) is 38.3 Å². The van der Waals surface area contributed by atoms with E-state index in [1.54, 1.807) is 0 Å². The molecule has 1 aliphatic rings. The molecule has 1 aromatic carbocycles. The molecule has 1 fully saturated rings. The normalized spacial score (nSPS) is 29.0. The van der Waals surface area contributed by atoms with E-state index in [1.807, 2.05) is 0 Å². The Morgan fingerprint density at radius 3 is 2.52 bits per heavy atom. The fourth-order valence-electron chi connectivity index (χ4n) is 2.63. The van der Waals surface area contributed by atoms with Gasteiger partial charge in [0.25, 0.3) is 5.69 Å². The molecule has 0 spiro atoms. The summed E-state index contributed by atoms with van der Waals surface area (Å²) in [6.07, 6.45) is -4.04. The summed E-state index contributed by atoms with van der Waals surface area (Å²) < 4.78 is 16.4. The van der Waals surface area contributed by atoms with Crippen LogP contribution in [0.4, 0.5) is 5.69 Å². The van der Waals surface area contributed by atoms with Gasteiger partial charge in [-0.2, -0.15) is 0 Å². The van der Waals surface area contributed by atoms with Gasteiger partial charge in [0.2, 0.25) is 12.2 Å². The molecule has 2 rings (SSSR count). The lowest BCUT2D eigenvalue weighted by molar-refractivity contribution is -0.384. The van der Waals surface area contributed by atoms with Crippen molar-refractivity contribution in [2.24, 2.45) is 0 Å². The molecule has 5 atom stereocenters. The number of methoxy groups -OCH3 is 1. The molecule has 0 aromatic heterocycles. The van der Waals surface area contributed by atoms with Crippen molar-refractivity contribution in [2.45, 2.75) is 37.6 Å². The number of nitro benzene ring substituents is 1. The molecular formula is C15H20N2O8. The molecule has 0 aliphatic carbocycles. The average Bonchev–Trinajstić information content (AvgIpc) is 2.57. The fraction of sp³-hybridized carbons (Fsp3) is 0.533. The molecule has 3 N–H and O–H groups in total. The van der Waals surface area contributed by atoms with Crippen LogP contribution in [0, 0.1) is 10.1 Å². The van der Waals surface area contributed by atoms with Gasteiger partial charge in [0, 0.05) is 26.2 Å². The molecule has 0 saturated carbocycles. The van der Waals surface area contributed by atoms with Gasteiger partial charge in [-0.1, -0.05) is 0 Å². The van der Waals surface area contributed by atoms with E-state index in [4.69, 9.17) is 14.2 Å². The number of amides is 1. The highest BCUT2D eigenvalue weighted by atomic mass is 16.7. The SMILES string of the molecule is CO[C@H]1[C@H](O)[C@@H](NC(C)=O)[C@H](Oc2ccc([N+](=O)[O-])cc2)O[C@@H]1CO. The quantitative estimate of drug-likeness (QED) is 0.461. The predicted molar refractivity (Wildman–Crippen MR) is 83.9 cm³/mol. The van der Waals surface area contributed by atoms with Crippen molar-refractivity contribution in [3.63, 3.8) is 0 Å². The number of hydrogen-bond acceptors (Lipinski definition) is 8. The maximum absolute atomic E-state index is 11.4. The van der Waals surface area contributed by atoms with Crippen LogP contribution in [0.3, 0.4) is 0 Å². The van der Waals surface area contributed by atoms with E-state index in [0.717, 1.165) is 0 Å². The number of rotatable bonds is 6. The Hall–Kier alpha value is -2.27. The fourth-order valence-corrected chi connectivity index (χ4v) is 2.63. The lowest BCUT2D eigenvalue weighted by Gasteiger charge is -2.43. The number of hydrogen-bond donors (Lipinski definition) is 3. The summed E-state index contributed by atoms with van der Waals surface area (Å²) in [6.45, 7) is 0.845. The summed E-state index contributed by atoms with van der Waals surface area (Å²) in [5.74, 6) is -0.173. The monoisotopic (exact) mass is 356 g/mol. The van der Waals surface area contributed by atoms with Crippen molar-refractivity contribution in [1.29, 1.82) is 0 Å². The van der Waals surface area contributed by atoms with Gasteiger partial charge < -0.3 is 29.7 Å². The Morgan fingerprint density at radius 2 is 2.04 bits per heavy atom. The Labute approximate surface area is 143 Å². The topological polar surface area (TPSA) is 140 Å². The van der Waals surface area contributed by atoms with Gasteiger partial charge in [-0.25, -0.2) is 0 Å². The molecule has 1 saturated heterocycles. The van der Waals surface area contributed by atoms with Gasteiger partial charge >= 0.3 is 0 Å². The molecule has 1 aliphatic heterocycles. The summed E-state index contributed by atoms with van der Waals surface area (Å²) >= 11 is 0. The van der Waals surface area contributed by atoms with Crippen LogP contribution < -0.4 is 10.1 Å². The number of aliphatic hydroxyl groups excluding tert-OH is 2. The summed E-state index contributed by atoms with van der Waals surface area (Å²) in [5, 5.41) is 33.1. The largest absolute Gasteiger partial charge is 0.463 e. The Bertz CT molecular complexity index is 608. The smallest absolute Gasteiger partial charge is 0.269 e. The van der Waals surface area contributed by atoms with Crippen LogP contribution in [0.15, 0.2) is 24.3 Å². The lowest BCUT2D eigenvalue weighted by atomic mass is 9.96. The van der Waals surface area contributed by atoms with Crippen molar-refractivity contribution >= 4 is 11.6 Å². The van der Waals surface area contributed by atoms with Gasteiger partial charge in [-0.05, 0) is 12.1 Å². The van der Waals surface area contributed by atoms with Gasteiger partial charge in [-0.3, -0.25) is 14.9 Å². The third-order valence-electron chi connectivity index (χ3n) is 3.79. The zero-order valence-electron chi connectivity index (χ0n) is 13.7. The number of nitro groups is 1. The first-order chi connectivity index (χ1) is 11.9. The predicted octanol–water partition coefficient (Wildman–Crippen LogP) is -0.429. The molecule has 1 amide bonds. The van der Waals surface area contributed by atoms with E-state index < -0.39 is 48.1 Å². The standard InChI is InChI=1S/C15H20N2O8/c1-8(19)16-12-13(20)14(23-2)11(7-18)25-15(12)24-10-5-3-9(4-6-10)17(21)22/h3-6,11-15,18,20H,7H2,1-2H3,(H,16,19)/t11-,12-,13-,14-,15-/m1/s1. The van der Waals surface area contributed by atoms with Gasteiger partial charge in [0.15, 0.2) is 0 Å². The van der Waals surface area contributed by atoms with E-state index in [2.05, 4.69) is 5.32 Å². The summed E-state index contributed by atoms with van der Waals surface area (Å²) in [4.78, 5) is 21.6. The first-order valence-electron chi connectivity index (χ1n) is 7.52. The zero-order valence-corrected chi connectivity index (χ0v) is 13.7. The molecule has 0 bridgehead atoms. The molecule has 25 heavy (non-hydrogen) atoms. The second kappa shape index (κ2) is 8.21. The molecule has 0 unspecified atom stereocenters. The summed E-state index contributed by atoms with van der Waals surface area (Å²) in [6, 6.07) is 4.29. The number of nitrogens with one attached hydrogen (secondary N) is 1. The van der Waals surface area contributed by atoms with E-state index in [0.29, 0.717) is 0 Å². The first kappa shape index (κ1) is 19.1. The number of non-ortho nitro benzene ring substituents is 1. The molecule has 0 radical (unpaired) electrons. The third-order valence-corrected chi connectivity index (χ3v) is 3.79.